The summed E-state index contributed by atoms with van der Waals surface area (Å²) in [5.74, 6) is 0.555. The van der Waals surface area contributed by atoms with E-state index in [1.807, 2.05) is 25.1 Å². The van der Waals surface area contributed by atoms with Crippen LogP contribution in [0.25, 0.3) is 0 Å². The van der Waals surface area contributed by atoms with Crippen LogP contribution in [0, 0.1) is 12.8 Å². The highest BCUT2D eigenvalue weighted by Gasteiger charge is 2.25. The minimum atomic E-state index is -0.281. The number of nitrogens with one attached hydrogen (secondary N) is 1. The van der Waals surface area contributed by atoms with Crippen LogP contribution < -0.4 is 5.32 Å². The maximum Gasteiger partial charge on any atom is 0.337 e. The lowest BCUT2D eigenvalue weighted by molar-refractivity contribution is 0.0600. The first-order valence-corrected chi connectivity index (χ1v) is 6.05. The zero-order valence-electron chi connectivity index (χ0n) is 10.6. The Balaban J connectivity index is 2.06. The standard InChI is InChI=1S/C14H19NO2/c1-9-6-12(7-9)15-13-5-4-11(8-10(13)2)14(16)17-3/h4-5,8-9,12,15H,6-7H2,1-3H3. The van der Waals surface area contributed by atoms with Crippen LogP contribution in [0.4, 0.5) is 5.69 Å². The molecule has 1 aromatic carbocycles. The molecule has 0 heterocycles. The summed E-state index contributed by atoms with van der Waals surface area (Å²) in [6.07, 6.45) is 2.47. The molecular weight excluding hydrogens is 214 g/mol. The highest BCUT2D eigenvalue weighted by atomic mass is 16.5. The van der Waals surface area contributed by atoms with Gasteiger partial charge in [0.05, 0.1) is 12.7 Å². The van der Waals surface area contributed by atoms with Crippen LogP contribution in [0.1, 0.15) is 35.7 Å². The van der Waals surface area contributed by atoms with Crippen LogP contribution in [-0.2, 0) is 4.74 Å². The zero-order valence-corrected chi connectivity index (χ0v) is 10.6. The van der Waals surface area contributed by atoms with Gasteiger partial charge >= 0.3 is 5.97 Å². The second kappa shape index (κ2) is 4.78. The summed E-state index contributed by atoms with van der Waals surface area (Å²) in [5.41, 5.74) is 2.82. The Morgan fingerprint density at radius 3 is 2.65 bits per heavy atom. The number of hydrogen-bond donors (Lipinski definition) is 1. The first kappa shape index (κ1) is 12.0. The Bertz CT molecular complexity index is 422. The predicted molar refractivity (Wildman–Crippen MR) is 68.3 cm³/mol. The molecule has 92 valence electrons. The lowest BCUT2D eigenvalue weighted by atomic mass is 9.81. The van der Waals surface area contributed by atoms with Gasteiger partial charge in [-0.2, -0.15) is 0 Å². The molecule has 0 aromatic heterocycles. The molecule has 1 N–H and O–H groups in total. The molecule has 0 bridgehead atoms. The molecule has 0 spiro atoms. The fourth-order valence-electron chi connectivity index (χ4n) is 2.31. The van der Waals surface area contributed by atoms with Gasteiger partial charge in [-0.1, -0.05) is 6.92 Å². The third kappa shape index (κ3) is 2.60. The number of esters is 1. The van der Waals surface area contributed by atoms with Crippen molar-refractivity contribution in [3.8, 4) is 0 Å². The first-order valence-electron chi connectivity index (χ1n) is 6.05. The van der Waals surface area contributed by atoms with Crippen molar-refractivity contribution in [3.05, 3.63) is 29.3 Å². The minimum absolute atomic E-state index is 0.281. The molecule has 1 aromatic rings. The topological polar surface area (TPSA) is 38.3 Å². The largest absolute Gasteiger partial charge is 0.465 e. The van der Waals surface area contributed by atoms with Crippen molar-refractivity contribution < 1.29 is 9.53 Å². The molecule has 2 rings (SSSR count). The fourth-order valence-corrected chi connectivity index (χ4v) is 2.31. The molecule has 0 unspecified atom stereocenters. The van der Waals surface area contributed by atoms with E-state index >= 15 is 0 Å². The van der Waals surface area contributed by atoms with Gasteiger partial charge in [-0.15, -0.1) is 0 Å². The van der Waals surface area contributed by atoms with E-state index in [9.17, 15) is 4.79 Å². The van der Waals surface area contributed by atoms with Crippen LogP contribution in [0.5, 0.6) is 0 Å². The smallest absolute Gasteiger partial charge is 0.337 e. The van der Waals surface area contributed by atoms with E-state index in [1.54, 1.807) is 0 Å². The van der Waals surface area contributed by atoms with E-state index in [2.05, 4.69) is 12.2 Å². The van der Waals surface area contributed by atoms with Crippen molar-refractivity contribution in [3.63, 3.8) is 0 Å². The number of methoxy groups -OCH3 is 1. The van der Waals surface area contributed by atoms with Gasteiger partial charge in [-0.05, 0) is 49.4 Å². The van der Waals surface area contributed by atoms with E-state index in [0.29, 0.717) is 11.6 Å². The zero-order chi connectivity index (χ0) is 12.4. The molecule has 0 aliphatic heterocycles. The van der Waals surface area contributed by atoms with Crippen LogP contribution in [0.15, 0.2) is 18.2 Å². The van der Waals surface area contributed by atoms with E-state index in [-0.39, 0.29) is 5.97 Å². The molecule has 0 radical (unpaired) electrons. The summed E-state index contributed by atoms with van der Waals surface area (Å²) in [7, 11) is 1.40. The molecule has 1 aliphatic carbocycles. The summed E-state index contributed by atoms with van der Waals surface area (Å²) in [4.78, 5) is 11.4. The van der Waals surface area contributed by atoms with E-state index in [0.717, 1.165) is 17.2 Å². The summed E-state index contributed by atoms with van der Waals surface area (Å²) in [6.45, 7) is 4.28. The molecule has 3 heteroatoms. The number of rotatable bonds is 3. The number of aryl methyl sites for hydroxylation is 1. The van der Waals surface area contributed by atoms with Gasteiger partial charge in [0.2, 0.25) is 0 Å². The van der Waals surface area contributed by atoms with Gasteiger partial charge in [-0.25, -0.2) is 4.79 Å². The first-order chi connectivity index (χ1) is 8.10. The van der Waals surface area contributed by atoms with E-state index < -0.39 is 0 Å². The molecule has 17 heavy (non-hydrogen) atoms. The quantitative estimate of drug-likeness (QED) is 0.816. The Labute approximate surface area is 102 Å². The molecule has 1 saturated carbocycles. The molecule has 3 nitrogen and oxygen atoms in total. The van der Waals surface area contributed by atoms with Gasteiger partial charge in [0.25, 0.3) is 0 Å². The lowest BCUT2D eigenvalue weighted by Gasteiger charge is -2.34. The molecule has 1 fully saturated rings. The average molecular weight is 233 g/mol. The average Bonchev–Trinajstić information content (AvgIpc) is 2.28. The van der Waals surface area contributed by atoms with Crippen molar-refractivity contribution in [1.29, 1.82) is 0 Å². The Hall–Kier alpha value is -1.51. The summed E-state index contributed by atoms with van der Waals surface area (Å²) in [5, 5.41) is 3.51. The number of ether oxygens (including phenoxy) is 1. The number of benzene rings is 1. The van der Waals surface area contributed by atoms with Gasteiger partial charge in [0.15, 0.2) is 0 Å². The third-order valence-corrected chi connectivity index (χ3v) is 3.38. The van der Waals surface area contributed by atoms with Crippen molar-refractivity contribution >= 4 is 11.7 Å². The van der Waals surface area contributed by atoms with Gasteiger partial charge in [0.1, 0.15) is 0 Å². The minimum Gasteiger partial charge on any atom is -0.465 e. The molecule has 1 aliphatic rings. The van der Waals surface area contributed by atoms with Crippen molar-refractivity contribution in [2.45, 2.75) is 32.7 Å². The second-order valence-corrected chi connectivity index (χ2v) is 4.94. The van der Waals surface area contributed by atoms with E-state index in [4.69, 9.17) is 4.74 Å². The maximum atomic E-state index is 11.4. The fraction of sp³-hybridized carbons (Fsp3) is 0.500. The highest BCUT2D eigenvalue weighted by Crippen LogP contribution is 2.30. The summed E-state index contributed by atoms with van der Waals surface area (Å²) in [6, 6.07) is 6.23. The monoisotopic (exact) mass is 233 g/mol. The van der Waals surface area contributed by atoms with Crippen molar-refractivity contribution in [2.75, 3.05) is 12.4 Å². The number of hydrogen-bond acceptors (Lipinski definition) is 3. The molecular formula is C14H19NO2. The lowest BCUT2D eigenvalue weighted by Crippen LogP contribution is -2.33. The van der Waals surface area contributed by atoms with Gasteiger partial charge in [-0.3, -0.25) is 0 Å². The van der Waals surface area contributed by atoms with E-state index in [1.165, 1.54) is 20.0 Å². The molecule has 0 saturated heterocycles. The maximum absolute atomic E-state index is 11.4. The van der Waals surface area contributed by atoms with Crippen molar-refractivity contribution in [2.24, 2.45) is 5.92 Å². The third-order valence-electron chi connectivity index (χ3n) is 3.38. The predicted octanol–water partition coefficient (Wildman–Crippen LogP) is 2.99. The number of anilines is 1. The Kier molecular flexibility index (Phi) is 3.36. The summed E-state index contributed by atoms with van der Waals surface area (Å²) < 4.78 is 4.70. The SMILES string of the molecule is COC(=O)c1ccc(NC2CC(C)C2)c(C)c1. The Morgan fingerprint density at radius 2 is 2.12 bits per heavy atom. The van der Waals surface area contributed by atoms with Gasteiger partial charge < -0.3 is 10.1 Å². The van der Waals surface area contributed by atoms with Crippen LogP contribution >= 0.6 is 0 Å². The van der Waals surface area contributed by atoms with Crippen molar-refractivity contribution in [1.82, 2.24) is 0 Å². The van der Waals surface area contributed by atoms with Crippen LogP contribution in [-0.4, -0.2) is 19.1 Å². The summed E-state index contributed by atoms with van der Waals surface area (Å²) >= 11 is 0. The van der Waals surface area contributed by atoms with Crippen LogP contribution in [0.3, 0.4) is 0 Å². The number of carbonyl (C=O) groups is 1. The Morgan fingerprint density at radius 1 is 1.41 bits per heavy atom. The second-order valence-electron chi connectivity index (χ2n) is 4.94. The van der Waals surface area contributed by atoms with Gasteiger partial charge in [0, 0.05) is 11.7 Å². The molecule has 0 atom stereocenters. The number of carbonyl (C=O) groups excluding carboxylic acids is 1. The highest BCUT2D eigenvalue weighted by molar-refractivity contribution is 5.90. The van der Waals surface area contributed by atoms with Crippen LogP contribution in [0.2, 0.25) is 0 Å². The molecule has 0 amide bonds. The normalized spacial score (nSPS) is 22.8.